The molecule has 0 bridgehead atoms. The molecule has 0 unspecified atom stereocenters. The van der Waals surface area contributed by atoms with E-state index in [-0.39, 0.29) is 5.84 Å². The number of amidine groups is 1. The zero-order chi connectivity index (χ0) is 11.5. The molecule has 0 atom stereocenters. The van der Waals surface area contributed by atoms with Crippen molar-refractivity contribution in [2.24, 2.45) is 11.7 Å². The van der Waals surface area contributed by atoms with Crippen LogP contribution in [0.25, 0.3) is 0 Å². The minimum absolute atomic E-state index is 0.0163. The average Bonchev–Trinajstić information content (AvgIpc) is 3.09. The van der Waals surface area contributed by atoms with Gasteiger partial charge in [-0.3, -0.25) is 5.41 Å². The zero-order valence-electron chi connectivity index (χ0n) is 9.48. The van der Waals surface area contributed by atoms with Gasteiger partial charge in [-0.15, -0.1) is 0 Å². The van der Waals surface area contributed by atoms with Gasteiger partial charge in [0.25, 0.3) is 0 Å². The summed E-state index contributed by atoms with van der Waals surface area (Å²) < 4.78 is 0. The number of nitrogens with two attached hydrogens (primary N) is 1. The fourth-order valence-electron chi connectivity index (χ4n) is 1.73. The molecule has 1 aromatic heterocycles. The van der Waals surface area contributed by atoms with Crippen LogP contribution in [0.2, 0.25) is 0 Å². The van der Waals surface area contributed by atoms with E-state index in [9.17, 15) is 0 Å². The molecule has 0 aliphatic heterocycles. The fourth-order valence-corrected chi connectivity index (χ4v) is 1.73. The van der Waals surface area contributed by atoms with E-state index in [0.29, 0.717) is 5.69 Å². The van der Waals surface area contributed by atoms with E-state index in [1.165, 1.54) is 12.8 Å². The van der Waals surface area contributed by atoms with E-state index >= 15 is 0 Å². The molecule has 3 N–H and O–H groups in total. The molecular formula is C11H17N5. The van der Waals surface area contributed by atoms with Gasteiger partial charge in [0.1, 0.15) is 11.5 Å². The number of aromatic nitrogens is 2. The molecule has 1 aromatic rings. The van der Waals surface area contributed by atoms with Crippen LogP contribution in [0, 0.1) is 11.3 Å². The van der Waals surface area contributed by atoms with Gasteiger partial charge < -0.3 is 10.6 Å². The first-order valence-corrected chi connectivity index (χ1v) is 5.62. The van der Waals surface area contributed by atoms with Crippen LogP contribution in [0.5, 0.6) is 0 Å². The Labute approximate surface area is 95.2 Å². The quantitative estimate of drug-likeness (QED) is 0.572. The lowest BCUT2D eigenvalue weighted by molar-refractivity contribution is 0.728. The van der Waals surface area contributed by atoms with Crippen molar-refractivity contribution in [1.29, 1.82) is 5.41 Å². The maximum absolute atomic E-state index is 7.49. The van der Waals surface area contributed by atoms with E-state index in [1.54, 1.807) is 12.4 Å². The lowest BCUT2D eigenvalue weighted by atomic mass is 10.3. The predicted molar refractivity (Wildman–Crippen MR) is 63.7 cm³/mol. The Morgan fingerprint density at radius 2 is 2.19 bits per heavy atom. The Morgan fingerprint density at radius 1 is 1.50 bits per heavy atom. The van der Waals surface area contributed by atoms with Crippen molar-refractivity contribution in [3.05, 3.63) is 18.1 Å². The summed E-state index contributed by atoms with van der Waals surface area (Å²) in [7, 11) is 0. The lowest BCUT2D eigenvalue weighted by Gasteiger charge is -2.23. The molecule has 0 aromatic carbocycles. The van der Waals surface area contributed by atoms with Crippen LogP contribution in [0.15, 0.2) is 12.4 Å². The van der Waals surface area contributed by atoms with Gasteiger partial charge in [0.2, 0.25) is 0 Å². The standard InChI is InChI=1S/C11H17N5/c1-2-16(7-8-3-4-8)11-9(10(12)13)14-5-6-15-11/h5-6,8H,2-4,7H2,1H3,(H3,12,13). The van der Waals surface area contributed by atoms with Gasteiger partial charge in [0, 0.05) is 25.5 Å². The van der Waals surface area contributed by atoms with Gasteiger partial charge in [-0.05, 0) is 25.7 Å². The van der Waals surface area contributed by atoms with Gasteiger partial charge in [-0.2, -0.15) is 0 Å². The van der Waals surface area contributed by atoms with E-state index in [2.05, 4.69) is 21.8 Å². The SMILES string of the molecule is CCN(CC1CC1)c1nccnc1C(=N)N. The Balaban J connectivity index is 2.24. The first-order valence-electron chi connectivity index (χ1n) is 5.62. The van der Waals surface area contributed by atoms with E-state index in [4.69, 9.17) is 11.1 Å². The molecule has 16 heavy (non-hydrogen) atoms. The second-order valence-corrected chi connectivity index (χ2v) is 4.12. The number of nitrogens with one attached hydrogen (secondary N) is 1. The molecule has 5 nitrogen and oxygen atoms in total. The summed E-state index contributed by atoms with van der Waals surface area (Å²) in [5.74, 6) is 1.50. The molecule has 1 aliphatic rings. The van der Waals surface area contributed by atoms with E-state index in [0.717, 1.165) is 24.8 Å². The third kappa shape index (κ3) is 2.29. The summed E-state index contributed by atoms with van der Waals surface area (Å²) >= 11 is 0. The summed E-state index contributed by atoms with van der Waals surface area (Å²) in [6.07, 6.45) is 5.82. The molecule has 0 spiro atoms. The molecule has 0 saturated heterocycles. The third-order valence-electron chi connectivity index (χ3n) is 2.79. The molecule has 1 aliphatic carbocycles. The Bertz CT molecular complexity index is 386. The summed E-state index contributed by atoms with van der Waals surface area (Å²) in [6.45, 7) is 3.95. The molecule has 2 rings (SSSR count). The van der Waals surface area contributed by atoms with Crippen LogP contribution >= 0.6 is 0 Å². The number of rotatable bonds is 5. The van der Waals surface area contributed by atoms with Crippen molar-refractivity contribution < 1.29 is 0 Å². The van der Waals surface area contributed by atoms with Gasteiger partial charge in [-0.1, -0.05) is 0 Å². The van der Waals surface area contributed by atoms with Gasteiger partial charge in [0.15, 0.2) is 5.82 Å². The molecule has 86 valence electrons. The Kier molecular flexibility index (Phi) is 3.03. The highest BCUT2D eigenvalue weighted by Crippen LogP contribution is 2.31. The van der Waals surface area contributed by atoms with Crippen molar-refractivity contribution in [3.63, 3.8) is 0 Å². The number of nitrogens with zero attached hydrogens (tertiary/aromatic N) is 3. The maximum Gasteiger partial charge on any atom is 0.158 e. The maximum atomic E-state index is 7.49. The summed E-state index contributed by atoms with van der Waals surface area (Å²) in [5, 5.41) is 7.49. The smallest absolute Gasteiger partial charge is 0.158 e. The molecule has 1 fully saturated rings. The van der Waals surface area contributed by atoms with Crippen molar-refractivity contribution in [3.8, 4) is 0 Å². The monoisotopic (exact) mass is 219 g/mol. The van der Waals surface area contributed by atoms with E-state index in [1.807, 2.05) is 0 Å². The van der Waals surface area contributed by atoms with Crippen LogP contribution in [0.1, 0.15) is 25.5 Å². The highest BCUT2D eigenvalue weighted by Gasteiger charge is 2.25. The van der Waals surface area contributed by atoms with Crippen LogP contribution in [-0.2, 0) is 0 Å². The molecular weight excluding hydrogens is 202 g/mol. The van der Waals surface area contributed by atoms with E-state index < -0.39 is 0 Å². The first kappa shape index (κ1) is 10.9. The largest absolute Gasteiger partial charge is 0.382 e. The zero-order valence-corrected chi connectivity index (χ0v) is 9.48. The number of hydrogen-bond donors (Lipinski definition) is 2. The van der Waals surface area contributed by atoms with Gasteiger partial charge >= 0.3 is 0 Å². The molecule has 0 radical (unpaired) electrons. The molecule has 5 heteroatoms. The van der Waals surface area contributed by atoms with Crippen LogP contribution in [-0.4, -0.2) is 28.9 Å². The predicted octanol–water partition coefficient (Wildman–Crippen LogP) is 0.997. The molecule has 1 heterocycles. The second kappa shape index (κ2) is 4.47. The first-order chi connectivity index (χ1) is 7.72. The number of nitrogen functional groups attached to an aromatic ring is 1. The van der Waals surface area contributed by atoms with Crippen molar-refractivity contribution in [2.75, 3.05) is 18.0 Å². The molecule has 0 amide bonds. The minimum atomic E-state index is -0.0163. The second-order valence-electron chi connectivity index (χ2n) is 4.12. The topological polar surface area (TPSA) is 78.9 Å². The molecule has 1 saturated carbocycles. The lowest BCUT2D eigenvalue weighted by Crippen LogP contribution is -2.29. The van der Waals surface area contributed by atoms with Gasteiger partial charge in [-0.25, -0.2) is 9.97 Å². The van der Waals surface area contributed by atoms with Crippen molar-refractivity contribution in [1.82, 2.24) is 9.97 Å². The van der Waals surface area contributed by atoms with Crippen LogP contribution in [0.4, 0.5) is 5.82 Å². The normalized spacial score (nSPS) is 14.8. The third-order valence-corrected chi connectivity index (χ3v) is 2.79. The fraction of sp³-hybridized carbons (Fsp3) is 0.545. The highest BCUT2D eigenvalue weighted by atomic mass is 15.2. The summed E-state index contributed by atoms with van der Waals surface area (Å²) in [6, 6.07) is 0. The van der Waals surface area contributed by atoms with Crippen LogP contribution in [0.3, 0.4) is 0 Å². The Hall–Kier alpha value is -1.65. The Morgan fingerprint density at radius 3 is 2.75 bits per heavy atom. The summed E-state index contributed by atoms with van der Waals surface area (Å²) in [4.78, 5) is 10.6. The number of anilines is 1. The van der Waals surface area contributed by atoms with Gasteiger partial charge in [0.05, 0.1) is 0 Å². The minimum Gasteiger partial charge on any atom is -0.382 e. The highest BCUT2D eigenvalue weighted by molar-refractivity contribution is 5.97. The summed E-state index contributed by atoms with van der Waals surface area (Å²) in [5.41, 5.74) is 6.00. The number of hydrogen-bond acceptors (Lipinski definition) is 4. The average molecular weight is 219 g/mol. The van der Waals surface area contributed by atoms with Crippen LogP contribution < -0.4 is 10.6 Å². The van der Waals surface area contributed by atoms with Crippen molar-refractivity contribution in [2.45, 2.75) is 19.8 Å². The van der Waals surface area contributed by atoms with Crippen molar-refractivity contribution >= 4 is 11.7 Å².